The molecule has 0 spiro atoms. The van der Waals surface area contributed by atoms with Crippen LogP contribution < -0.4 is 5.73 Å². The van der Waals surface area contributed by atoms with Crippen LogP contribution in [-0.2, 0) is 9.59 Å². The minimum Gasteiger partial charge on any atom is -0.479 e. The van der Waals surface area contributed by atoms with Gasteiger partial charge in [0.15, 0.2) is 0 Å². The van der Waals surface area contributed by atoms with Crippen molar-refractivity contribution in [2.45, 2.75) is 42.5 Å². The van der Waals surface area contributed by atoms with Crippen molar-refractivity contribution in [2.24, 2.45) is 5.73 Å². The number of likely N-dealkylation sites (N-methyl/N-ethyl adjacent to an activating group) is 1. The average Bonchev–Trinajstić information content (AvgIpc) is 2.65. The molecule has 1 saturated carbocycles. The van der Waals surface area contributed by atoms with Crippen LogP contribution in [-0.4, -0.2) is 51.1 Å². The maximum Gasteiger partial charge on any atom is 0.329 e. The van der Waals surface area contributed by atoms with Crippen molar-refractivity contribution in [3.05, 3.63) is 33.9 Å². The monoisotopic (exact) mass is 395 g/mol. The summed E-state index contributed by atoms with van der Waals surface area (Å²) in [4.78, 5) is 47.6. The molecule has 1 aliphatic rings. The van der Waals surface area contributed by atoms with Gasteiger partial charge in [-0.25, -0.2) is 4.79 Å². The zero-order valence-corrected chi connectivity index (χ0v) is 15.7. The maximum absolute atomic E-state index is 12.6. The van der Waals surface area contributed by atoms with E-state index in [4.69, 9.17) is 5.73 Å². The molecule has 9 nitrogen and oxygen atoms in total. The summed E-state index contributed by atoms with van der Waals surface area (Å²) in [7, 11) is 1.47. The van der Waals surface area contributed by atoms with E-state index in [1.807, 2.05) is 0 Å². The van der Waals surface area contributed by atoms with Gasteiger partial charge in [0, 0.05) is 18.7 Å². The second-order valence-corrected chi connectivity index (χ2v) is 7.46. The van der Waals surface area contributed by atoms with Crippen molar-refractivity contribution in [1.29, 1.82) is 0 Å². The number of hydrogen-bond acceptors (Lipinski definition) is 6. The Morgan fingerprint density at radius 2 is 1.93 bits per heavy atom. The van der Waals surface area contributed by atoms with Gasteiger partial charge in [0.25, 0.3) is 5.69 Å². The second-order valence-electron chi connectivity index (χ2n) is 6.44. The summed E-state index contributed by atoms with van der Waals surface area (Å²) in [5.74, 6) is -2.38. The van der Waals surface area contributed by atoms with E-state index in [1.165, 1.54) is 24.1 Å². The predicted octanol–water partition coefficient (Wildman–Crippen LogP) is 2.03. The van der Waals surface area contributed by atoms with E-state index in [0.717, 1.165) is 37.1 Å². The molecule has 0 unspecified atom stereocenters. The van der Waals surface area contributed by atoms with Gasteiger partial charge in [-0.1, -0.05) is 19.3 Å². The zero-order valence-electron chi connectivity index (χ0n) is 14.8. The molecule has 0 saturated heterocycles. The lowest BCUT2D eigenvalue weighted by atomic mass is 9.80. The van der Waals surface area contributed by atoms with Crippen LogP contribution in [0, 0.1) is 10.1 Å². The molecule has 2 rings (SSSR count). The van der Waals surface area contributed by atoms with Crippen LogP contribution in [0.25, 0.3) is 0 Å². The molecule has 10 heteroatoms. The Kier molecular flexibility index (Phi) is 6.42. The summed E-state index contributed by atoms with van der Waals surface area (Å²) < 4.78 is 0. The molecule has 0 bridgehead atoms. The molecule has 1 aliphatic carbocycles. The van der Waals surface area contributed by atoms with Crippen LogP contribution >= 0.6 is 11.8 Å². The number of nitrogens with zero attached hydrogens (tertiary/aromatic N) is 2. The standard InChI is InChI=1S/C17H21N3O6S/c1-19(17(16(23)24)7-3-2-4-8-17)14(21)10-27-13-6-5-11(15(18)22)9-12(13)20(25)26/h5-6,9H,2-4,7-8,10H2,1H3,(H2,18,22)(H,23,24). The zero-order chi connectivity index (χ0) is 20.2. The summed E-state index contributed by atoms with van der Waals surface area (Å²) >= 11 is 0.929. The molecule has 0 heterocycles. The minimum atomic E-state index is -1.22. The number of amides is 2. The number of nitrogens with two attached hydrogens (primary N) is 1. The molecule has 0 radical (unpaired) electrons. The highest BCUT2D eigenvalue weighted by Gasteiger charge is 2.45. The molecular weight excluding hydrogens is 374 g/mol. The predicted molar refractivity (Wildman–Crippen MR) is 98.6 cm³/mol. The van der Waals surface area contributed by atoms with E-state index in [9.17, 15) is 29.6 Å². The summed E-state index contributed by atoms with van der Waals surface area (Å²) in [6.07, 6.45) is 3.18. The molecule has 1 aromatic carbocycles. The van der Waals surface area contributed by atoms with E-state index in [0.29, 0.717) is 12.8 Å². The van der Waals surface area contributed by atoms with Crippen LogP contribution in [0.1, 0.15) is 42.5 Å². The van der Waals surface area contributed by atoms with Gasteiger partial charge in [0.05, 0.1) is 15.6 Å². The van der Waals surface area contributed by atoms with Gasteiger partial charge in [-0.3, -0.25) is 19.7 Å². The van der Waals surface area contributed by atoms with E-state index in [-0.39, 0.29) is 21.9 Å². The molecule has 0 aliphatic heterocycles. The third-order valence-corrected chi connectivity index (χ3v) is 5.93. The van der Waals surface area contributed by atoms with Crippen LogP contribution in [0.3, 0.4) is 0 Å². The lowest BCUT2D eigenvalue weighted by Gasteiger charge is -2.41. The molecule has 1 fully saturated rings. The van der Waals surface area contributed by atoms with E-state index >= 15 is 0 Å². The molecule has 27 heavy (non-hydrogen) atoms. The Balaban J connectivity index is 2.16. The van der Waals surface area contributed by atoms with E-state index in [2.05, 4.69) is 0 Å². The molecule has 0 aromatic heterocycles. The fourth-order valence-corrected chi connectivity index (χ4v) is 4.16. The first kappa shape index (κ1) is 20.7. The van der Waals surface area contributed by atoms with Crippen molar-refractivity contribution in [2.75, 3.05) is 12.8 Å². The summed E-state index contributed by atoms with van der Waals surface area (Å²) in [5.41, 5.74) is 3.59. The number of carbonyl (C=O) groups excluding carboxylic acids is 2. The first-order chi connectivity index (χ1) is 12.7. The first-order valence-electron chi connectivity index (χ1n) is 8.40. The summed E-state index contributed by atoms with van der Waals surface area (Å²) in [5, 5.41) is 20.9. The van der Waals surface area contributed by atoms with Crippen molar-refractivity contribution in [3.63, 3.8) is 0 Å². The Labute approximate surface area is 160 Å². The number of carboxylic acid groups (broad SMARTS) is 1. The summed E-state index contributed by atoms with van der Waals surface area (Å²) in [6.45, 7) is 0. The molecule has 3 N–H and O–H groups in total. The SMILES string of the molecule is CN(C(=O)CSc1ccc(C(N)=O)cc1[N+](=O)[O-])C1(C(=O)O)CCCCC1. The quantitative estimate of drug-likeness (QED) is 0.408. The lowest BCUT2D eigenvalue weighted by molar-refractivity contribution is -0.387. The van der Waals surface area contributed by atoms with Gasteiger partial charge in [-0.2, -0.15) is 0 Å². The van der Waals surface area contributed by atoms with Crippen molar-refractivity contribution < 1.29 is 24.4 Å². The first-order valence-corrected chi connectivity index (χ1v) is 9.38. The largest absolute Gasteiger partial charge is 0.479 e. The van der Waals surface area contributed by atoms with Crippen molar-refractivity contribution in [3.8, 4) is 0 Å². The minimum absolute atomic E-state index is 0.00142. The highest BCUT2D eigenvalue weighted by molar-refractivity contribution is 8.00. The number of rotatable bonds is 7. The van der Waals surface area contributed by atoms with Crippen LogP contribution in [0.15, 0.2) is 23.1 Å². The number of aliphatic carboxylic acids is 1. The topological polar surface area (TPSA) is 144 Å². The third-order valence-electron chi connectivity index (χ3n) is 4.89. The number of nitro benzene ring substituents is 1. The Bertz CT molecular complexity index is 776. The Morgan fingerprint density at radius 1 is 1.30 bits per heavy atom. The number of carboxylic acids is 1. The summed E-state index contributed by atoms with van der Waals surface area (Å²) in [6, 6.07) is 3.79. The fourth-order valence-electron chi connectivity index (χ4n) is 3.24. The highest BCUT2D eigenvalue weighted by atomic mass is 32.2. The third kappa shape index (κ3) is 4.38. The highest BCUT2D eigenvalue weighted by Crippen LogP contribution is 2.35. The number of carbonyl (C=O) groups is 3. The number of thioether (sulfide) groups is 1. The molecule has 1 aromatic rings. The van der Waals surface area contributed by atoms with Crippen LogP contribution in [0.4, 0.5) is 5.69 Å². The number of hydrogen-bond donors (Lipinski definition) is 2. The van der Waals surface area contributed by atoms with Crippen LogP contribution in [0.5, 0.6) is 0 Å². The van der Waals surface area contributed by atoms with E-state index < -0.39 is 28.2 Å². The number of primary amides is 1. The smallest absolute Gasteiger partial charge is 0.329 e. The van der Waals surface area contributed by atoms with Gasteiger partial charge in [-0.15, -0.1) is 11.8 Å². The van der Waals surface area contributed by atoms with Crippen LogP contribution in [0.2, 0.25) is 0 Å². The molecular formula is C17H21N3O6S. The molecule has 2 amide bonds. The van der Waals surface area contributed by atoms with Crippen molar-refractivity contribution in [1.82, 2.24) is 4.90 Å². The van der Waals surface area contributed by atoms with Gasteiger partial charge in [0.1, 0.15) is 5.54 Å². The molecule has 0 atom stereocenters. The maximum atomic E-state index is 12.6. The Morgan fingerprint density at radius 3 is 2.44 bits per heavy atom. The Hall–Kier alpha value is -2.62. The lowest BCUT2D eigenvalue weighted by Crippen LogP contribution is -2.56. The number of benzene rings is 1. The van der Waals surface area contributed by atoms with Gasteiger partial charge < -0.3 is 15.7 Å². The normalized spacial score (nSPS) is 15.7. The fraction of sp³-hybridized carbons (Fsp3) is 0.471. The second kappa shape index (κ2) is 8.38. The van der Waals surface area contributed by atoms with Gasteiger partial charge in [0.2, 0.25) is 11.8 Å². The number of nitro groups is 1. The molecule has 146 valence electrons. The average molecular weight is 395 g/mol. The van der Waals surface area contributed by atoms with Crippen molar-refractivity contribution >= 4 is 35.2 Å². The van der Waals surface area contributed by atoms with E-state index in [1.54, 1.807) is 0 Å². The van der Waals surface area contributed by atoms with Gasteiger partial charge >= 0.3 is 5.97 Å². The van der Waals surface area contributed by atoms with Gasteiger partial charge in [-0.05, 0) is 25.0 Å².